The second-order valence-electron chi connectivity index (χ2n) is 7.39. The number of aromatic amines is 1. The first kappa shape index (κ1) is 16.9. The molecule has 26 heavy (non-hydrogen) atoms. The van der Waals surface area contributed by atoms with Gasteiger partial charge in [-0.15, -0.1) is 0 Å². The number of amides is 1. The number of hydrogen-bond donors (Lipinski definition) is 2. The van der Waals surface area contributed by atoms with Gasteiger partial charge in [-0.2, -0.15) is 0 Å². The first-order valence-electron chi connectivity index (χ1n) is 9.24. The van der Waals surface area contributed by atoms with E-state index in [4.69, 9.17) is 0 Å². The van der Waals surface area contributed by atoms with E-state index in [-0.39, 0.29) is 28.9 Å². The van der Waals surface area contributed by atoms with Crippen molar-refractivity contribution in [2.24, 2.45) is 5.92 Å². The summed E-state index contributed by atoms with van der Waals surface area (Å²) in [6, 6.07) is 6.53. The zero-order valence-electron chi connectivity index (χ0n) is 14.5. The van der Waals surface area contributed by atoms with Gasteiger partial charge < -0.3 is 10.3 Å². The van der Waals surface area contributed by atoms with E-state index in [1.54, 1.807) is 12.1 Å². The van der Waals surface area contributed by atoms with Crippen molar-refractivity contribution in [3.63, 3.8) is 0 Å². The highest BCUT2D eigenvalue weighted by molar-refractivity contribution is 5.93. The van der Waals surface area contributed by atoms with E-state index in [1.807, 2.05) is 0 Å². The molecule has 5 nitrogen and oxygen atoms in total. The predicted octanol–water partition coefficient (Wildman–Crippen LogP) is 2.93. The minimum atomic E-state index is -0.368. The molecule has 4 rings (SSSR count). The van der Waals surface area contributed by atoms with Crippen molar-refractivity contribution < 1.29 is 9.18 Å². The monoisotopic (exact) mass is 355 g/mol. The molecule has 2 aliphatic rings. The van der Waals surface area contributed by atoms with Crippen LogP contribution in [-0.2, 0) is 6.42 Å². The van der Waals surface area contributed by atoms with E-state index < -0.39 is 0 Å². The van der Waals surface area contributed by atoms with Gasteiger partial charge in [0.2, 0.25) is 0 Å². The Hall–Kier alpha value is -2.50. The molecule has 0 aliphatic heterocycles. The van der Waals surface area contributed by atoms with E-state index in [1.165, 1.54) is 18.3 Å². The number of hydrogen-bond acceptors (Lipinski definition) is 3. The van der Waals surface area contributed by atoms with E-state index in [2.05, 4.69) is 15.3 Å². The maximum Gasteiger partial charge on any atom is 0.263 e. The largest absolute Gasteiger partial charge is 0.349 e. The Balaban J connectivity index is 1.42. The number of rotatable bonds is 5. The van der Waals surface area contributed by atoms with Gasteiger partial charge in [-0.05, 0) is 55.7 Å². The number of nitrogens with one attached hydrogen (secondary N) is 2. The molecule has 0 saturated heterocycles. The molecule has 1 aromatic carbocycles. The fraction of sp³-hybridized carbons (Fsp3) is 0.450. The standard InChI is InChI=1S/C20H22FN3O2/c21-15-8-4-12(5-9-15)10-14-2-1-3-17(14)23-19(25)16-11-22-18(13-6-7-13)24-20(16)26/h4-5,8-9,11,13-14,17H,1-3,6-7,10H2,(H,23,25)(H,22,24,26)/t14-,17-/m0/s1. The number of carbonyl (C=O) groups excluding carboxylic acids is 1. The molecule has 1 heterocycles. The third-order valence-corrected chi connectivity index (χ3v) is 5.41. The Morgan fingerprint density at radius 2 is 1.96 bits per heavy atom. The lowest BCUT2D eigenvalue weighted by Gasteiger charge is -2.21. The van der Waals surface area contributed by atoms with Crippen molar-refractivity contribution in [3.8, 4) is 0 Å². The van der Waals surface area contributed by atoms with Crippen LogP contribution < -0.4 is 10.9 Å². The summed E-state index contributed by atoms with van der Waals surface area (Å²) in [6.45, 7) is 0. The van der Waals surface area contributed by atoms with Gasteiger partial charge >= 0.3 is 0 Å². The SMILES string of the molecule is O=C(N[C@H]1CCC[C@H]1Cc1ccc(F)cc1)c1cnc(C2CC2)[nH]c1=O. The summed E-state index contributed by atoms with van der Waals surface area (Å²) in [7, 11) is 0. The van der Waals surface area contributed by atoms with Gasteiger partial charge in [0.15, 0.2) is 0 Å². The summed E-state index contributed by atoms with van der Waals surface area (Å²) in [5.41, 5.74) is 0.764. The molecular weight excluding hydrogens is 333 g/mol. The Bertz CT molecular complexity index is 858. The van der Waals surface area contributed by atoms with Crippen LogP contribution in [0, 0.1) is 11.7 Å². The van der Waals surface area contributed by atoms with Crippen molar-refractivity contribution in [1.82, 2.24) is 15.3 Å². The number of H-pyrrole nitrogens is 1. The summed E-state index contributed by atoms with van der Waals surface area (Å²) in [5, 5.41) is 3.01. The number of carbonyl (C=O) groups is 1. The highest BCUT2D eigenvalue weighted by atomic mass is 19.1. The van der Waals surface area contributed by atoms with Crippen LogP contribution in [0.15, 0.2) is 35.3 Å². The van der Waals surface area contributed by atoms with Crippen LogP contribution in [0.5, 0.6) is 0 Å². The van der Waals surface area contributed by atoms with Crippen molar-refractivity contribution in [1.29, 1.82) is 0 Å². The van der Waals surface area contributed by atoms with Gasteiger partial charge in [-0.25, -0.2) is 9.37 Å². The van der Waals surface area contributed by atoms with Gasteiger partial charge in [-0.1, -0.05) is 18.6 Å². The van der Waals surface area contributed by atoms with Crippen LogP contribution in [0.3, 0.4) is 0 Å². The minimum absolute atomic E-state index is 0.0232. The smallest absolute Gasteiger partial charge is 0.263 e. The van der Waals surface area contributed by atoms with Crippen molar-refractivity contribution in [2.75, 3.05) is 0 Å². The van der Waals surface area contributed by atoms with Crippen LogP contribution in [0.4, 0.5) is 4.39 Å². The maximum atomic E-state index is 13.1. The number of aromatic nitrogens is 2. The summed E-state index contributed by atoms with van der Waals surface area (Å²) >= 11 is 0. The van der Waals surface area contributed by atoms with Crippen LogP contribution >= 0.6 is 0 Å². The zero-order chi connectivity index (χ0) is 18.1. The van der Waals surface area contributed by atoms with E-state index in [0.717, 1.165) is 44.1 Å². The van der Waals surface area contributed by atoms with Crippen molar-refractivity contribution in [3.05, 3.63) is 63.6 Å². The zero-order valence-corrected chi connectivity index (χ0v) is 14.5. The maximum absolute atomic E-state index is 13.1. The molecule has 2 fully saturated rings. The van der Waals surface area contributed by atoms with Gasteiger partial charge in [0.05, 0.1) is 0 Å². The molecular formula is C20H22FN3O2. The minimum Gasteiger partial charge on any atom is -0.349 e. The number of benzene rings is 1. The topological polar surface area (TPSA) is 74.8 Å². The Kier molecular flexibility index (Phi) is 4.57. The summed E-state index contributed by atoms with van der Waals surface area (Å²) in [5.74, 6) is 0.710. The molecule has 6 heteroatoms. The normalized spacial score (nSPS) is 22.3. The van der Waals surface area contributed by atoms with Gasteiger partial charge in [-0.3, -0.25) is 9.59 Å². The van der Waals surface area contributed by atoms with Crippen LogP contribution in [0.1, 0.15) is 59.8 Å². The molecule has 1 amide bonds. The Morgan fingerprint density at radius 3 is 2.65 bits per heavy atom. The third-order valence-electron chi connectivity index (χ3n) is 5.41. The van der Waals surface area contributed by atoms with Crippen molar-refractivity contribution >= 4 is 5.91 Å². The second-order valence-corrected chi connectivity index (χ2v) is 7.39. The molecule has 2 aliphatic carbocycles. The predicted molar refractivity (Wildman–Crippen MR) is 95.5 cm³/mol. The third kappa shape index (κ3) is 3.69. The molecule has 0 bridgehead atoms. The summed E-state index contributed by atoms with van der Waals surface area (Å²) in [6.07, 6.45) is 7.21. The molecule has 2 N–H and O–H groups in total. The van der Waals surface area contributed by atoms with E-state index in [9.17, 15) is 14.0 Å². The highest BCUT2D eigenvalue weighted by Crippen LogP contribution is 2.37. The van der Waals surface area contributed by atoms with Gasteiger partial charge in [0, 0.05) is 18.2 Å². The fourth-order valence-corrected chi connectivity index (χ4v) is 3.78. The lowest BCUT2D eigenvalue weighted by molar-refractivity contribution is 0.0925. The highest BCUT2D eigenvalue weighted by Gasteiger charge is 2.30. The molecule has 2 atom stereocenters. The number of halogens is 1. The molecule has 1 aromatic heterocycles. The fourth-order valence-electron chi connectivity index (χ4n) is 3.78. The Morgan fingerprint density at radius 1 is 1.19 bits per heavy atom. The molecule has 2 aromatic rings. The second kappa shape index (κ2) is 7.02. The van der Waals surface area contributed by atoms with Crippen LogP contribution in [0.25, 0.3) is 0 Å². The summed E-state index contributed by atoms with van der Waals surface area (Å²) in [4.78, 5) is 31.7. The van der Waals surface area contributed by atoms with Gasteiger partial charge in [0.1, 0.15) is 17.2 Å². The quantitative estimate of drug-likeness (QED) is 0.866. The molecule has 2 saturated carbocycles. The Labute approximate surface area is 151 Å². The van der Waals surface area contributed by atoms with Gasteiger partial charge in [0.25, 0.3) is 11.5 Å². The van der Waals surface area contributed by atoms with Crippen molar-refractivity contribution in [2.45, 2.75) is 50.5 Å². The lowest BCUT2D eigenvalue weighted by atomic mass is 9.94. The van der Waals surface area contributed by atoms with E-state index in [0.29, 0.717) is 17.7 Å². The first-order valence-corrected chi connectivity index (χ1v) is 9.24. The van der Waals surface area contributed by atoms with Crippen LogP contribution in [-0.4, -0.2) is 21.9 Å². The van der Waals surface area contributed by atoms with Crippen LogP contribution in [0.2, 0.25) is 0 Å². The average Bonchev–Trinajstić information content (AvgIpc) is 3.39. The van der Waals surface area contributed by atoms with E-state index >= 15 is 0 Å². The summed E-state index contributed by atoms with van der Waals surface area (Å²) < 4.78 is 13.1. The molecule has 0 unspecified atom stereocenters. The molecule has 0 radical (unpaired) electrons. The molecule has 0 spiro atoms. The lowest BCUT2D eigenvalue weighted by Crippen LogP contribution is -2.40. The first-order chi connectivity index (χ1) is 12.6. The molecule has 136 valence electrons. The average molecular weight is 355 g/mol. The number of nitrogens with zero attached hydrogens (tertiary/aromatic N) is 1.